The monoisotopic (exact) mass is 252 g/mol. The standard InChI is InChI=1S/C14H24N2O2/c1-10-4-2-5-11(8-10)9-13(17)16-12-6-3-7-15-14(12)18/h10-12H,2-9H2,1H3,(H,15,18)(H,16,17). The summed E-state index contributed by atoms with van der Waals surface area (Å²) in [6.07, 6.45) is 7.18. The third kappa shape index (κ3) is 3.72. The number of piperidine rings is 1. The molecule has 2 aliphatic rings. The first-order valence-electron chi connectivity index (χ1n) is 7.22. The first-order valence-corrected chi connectivity index (χ1v) is 7.22. The van der Waals surface area contributed by atoms with Gasteiger partial charge in [-0.2, -0.15) is 0 Å². The second kappa shape index (κ2) is 6.21. The van der Waals surface area contributed by atoms with Crippen molar-refractivity contribution in [1.29, 1.82) is 0 Å². The van der Waals surface area contributed by atoms with Gasteiger partial charge < -0.3 is 10.6 Å². The number of nitrogens with one attached hydrogen (secondary N) is 2. The predicted octanol–water partition coefficient (Wildman–Crippen LogP) is 1.60. The highest BCUT2D eigenvalue weighted by atomic mass is 16.2. The van der Waals surface area contributed by atoms with Crippen molar-refractivity contribution in [3.05, 3.63) is 0 Å². The first-order chi connectivity index (χ1) is 8.65. The summed E-state index contributed by atoms with van der Waals surface area (Å²) in [5, 5.41) is 5.67. The minimum atomic E-state index is -0.299. The summed E-state index contributed by atoms with van der Waals surface area (Å²) in [7, 11) is 0. The van der Waals surface area contributed by atoms with E-state index >= 15 is 0 Å². The molecule has 4 nitrogen and oxygen atoms in total. The van der Waals surface area contributed by atoms with Crippen LogP contribution in [0.15, 0.2) is 0 Å². The maximum atomic E-state index is 11.9. The summed E-state index contributed by atoms with van der Waals surface area (Å²) >= 11 is 0. The number of amides is 2. The fourth-order valence-corrected chi connectivity index (χ4v) is 3.17. The molecule has 0 bridgehead atoms. The Bertz CT molecular complexity index is 317. The normalized spacial score (nSPS) is 32.7. The molecular weight excluding hydrogens is 228 g/mol. The Morgan fingerprint density at radius 3 is 2.89 bits per heavy atom. The van der Waals surface area contributed by atoms with E-state index in [4.69, 9.17) is 0 Å². The molecule has 3 unspecified atom stereocenters. The molecule has 0 aromatic heterocycles. The minimum absolute atomic E-state index is 0.0217. The van der Waals surface area contributed by atoms with Crippen LogP contribution in [0.2, 0.25) is 0 Å². The number of hydrogen-bond donors (Lipinski definition) is 2. The second-order valence-corrected chi connectivity index (χ2v) is 5.90. The van der Waals surface area contributed by atoms with Crippen LogP contribution in [-0.4, -0.2) is 24.4 Å². The van der Waals surface area contributed by atoms with Crippen LogP contribution in [0.3, 0.4) is 0 Å². The lowest BCUT2D eigenvalue weighted by atomic mass is 9.80. The van der Waals surface area contributed by atoms with E-state index in [0.717, 1.165) is 38.1 Å². The third-order valence-electron chi connectivity index (χ3n) is 4.14. The summed E-state index contributed by atoms with van der Waals surface area (Å²) in [5.74, 6) is 1.29. The Hall–Kier alpha value is -1.06. The molecule has 1 aliphatic carbocycles. The highest BCUT2D eigenvalue weighted by Crippen LogP contribution is 2.30. The van der Waals surface area contributed by atoms with Gasteiger partial charge in [0.25, 0.3) is 0 Å². The van der Waals surface area contributed by atoms with Crippen molar-refractivity contribution in [2.24, 2.45) is 11.8 Å². The summed E-state index contributed by atoms with van der Waals surface area (Å²) in [5.41, 5.74) is 0. The molecule has 3 atom stereocenters. The van der Waals surface area contributed by atoms with E-state index < -0.39 is 0 Å². The molecule has 0 aromatic rings. The molecule has 2 fully saturated rings. The van der Waals surface area contributed by atoms with E-state index in [1.807, 2.05) is 0 Å². The van der Waals surface area contributed by atoms with Gasteiger partial charge in [-0.3, -0.25) is 9.59 Å². The Morgan fingerprint density at radius 2 is 2.17 bits per heavy atom. The van der Waals surface area contributed by atoms with Gasteiger partial charge >= 0.3 is 0 Å². The van der Waals surface area contributed by atoms with Crippen molar-refractivity contribution in [3.63, 3.8) is 0 Å². The van der Waals surface area contributed by atoms with E-state index in [1.54, 1.807) is 0 Å². The maximum absolute atomic E-state index is 11.9. The van der Waals surface area contributed by atoms with Crippen LogP contribution in [0.1, 0.15) is 51.9 Å². The molecule has 18 heavy (non-hydrogen) atoms. The molecule has 1 saturated carbocycles. The van der Waals surface area contributed by atoms with Crippen LogP contribution in [0.5, 0.6) is 0 Å². The van der Waals surface area contributed by atoms with Crippen LogP contribution in [0.25, 0.3) is 0 Å². The molecule has 2 amide bonds. The van der Waals surface area contributed by atoms with Crippen molar-refractivity contribution >= 4 is 11.8 Å². The van der Waals surface area contributed by atoms with Crippen molar-refractivity contribution in [2.75, 3.05) is 6.54 Å². The SMILES string of the molecule is CC1CCCC(CC(=O)NC2CCCNC2=O)C1. The highest BCUT2D eigenvalue weighted by molar-refractivity contribution is 5.88. The quantitative estimate of drug-likeness (QED) is 0.801. The van der Waals surface area contributed by atoms with Crippen LogP contribution >= 0.6 is 0 Å². The average molecular weight is 252 g/mol. The molecule has 2 N–H and O–H groups in total. The Labute approximate surface area is 109 Å². The van der Waals surface area contributed by atoms with Crippen LogP contribution in [0, 0.1) is 11.8 Å². The molecule has 1 aliphatic heterocycles. The third-order valence-corrected chi connectivity index (χ3v) is 4.14. The zero-order chi connectivity index (χ0) is 13.0. The number of carbonyl (C=O) groups excluding carboxylic acids is 2. The molecule has 2 rings (SSSR count). The van der Waals surface area contributed by atoms with Crippen molar-refractivity contribution < 1.29 is 9.59 Å². The Morgan fingerprint density at radius 1 is 1.33 bits per heavy atom. The van der Waals surface area contributed by atoms with Crippen LogP contribution in [0.4, 0.5) is 0 Å². The van der Waals surface area contributed by atoms with Gasteiger partial charge in [0.15, 0.2) is 0 Å². The molecule has 102 valence electrons. The molecular formula is C14H24N2O2. The lowest BCUT2D eigenvalue weighted by Gasteiger charge is -2.27. The summed E-state index contributed by atoms with van der Waals surface area (Å²) in [6.45, 7) is 3.00. The number of rotatable bonds is 3. The number of hydrogen-bond acceptors (Lipinski definition) is 2. The van der Waals surface area contributed by atoms with Gasteiger partial charge in [0.1, 0.15) is 6.04 Å². The Balaban J connectivity index is 1.75. The lowest BCUT2D eigenvalue weighted by Crippen LogP contribution is -2.50. The van der Waals surface area contributed by atoms with E-state index in [2.05, 4.69) is 17.6 Å². The maximum Gasteiger partial charge on any atom is 0.242 e. The van der Waals surface area contributed by atoms with Crippen molar-refractivity contribution in [2.45, 2.75) is 57.9 Å². The highest BCUT2D eigenvalue weighted by Gasteiger charge is 2.26. The molecule has 1 saturated heterocycles. The van der Waals surface area contributed by atoms with E-state index in [9.17, 15) is 9.59 Å². The number of carbonyl (C=O) groups is 2. The molecule has 0 radical (unpaired) electrons. The van der Waals surface area contributed by atoms with E-state index in [0.29, 0.717) is 12.3 Å². The fraction of sp³-hybridized carbons (Fsp3) is 0.857. The first kappa shape index (κ1) is 13.4. The predicted molar refractivity (Wildman–Crippen MR) is 69.9 cm³/mol. The largest absolute Gasteiger partial charge is 0.354 e. The zero-order valence-corrected chi connectivity index (χ0v) is 11.2. The summed E-state index contributed by atoms with van der Waals surface area (Å²) in [6, 6.07) is -0.299. The van der Waals surface area contributed by atoms with Gasteiger partial charge in [0, 0.05) is 13.0 Å². The molecule has 4 heteroatoms. The van der Waals surface area contributed by atoms with Gasteiger partial charge in [-0.1, -0.05) is 19.8 Å². The van der Waals surface area contributed by atoms with Crippen LogP contribution in [-0.2, 0) is 9.59 Å². The van der Waals surface area contributed by atoms with Gasteiger partial charge in [-0.15, -0.1) is 0 Å². The molecule has 0 aromatic carbocycles. The van der Waals surface area contributed by atoms with Gasteiger partial charge in [0.2, 0.25) is 11.8 Å². The van der Waals surface area contributed by atoms with E-state index in [1.165, 1.54) is 12.8 Å². The second-order valence-electron chi connectivity index (χ2n) is 5.90. The fourth-order valence-electron chi connectivity index (χ4n) is 3.17. The average Bonchev–Trinajstić information content (AvgIpc) is 2.32. The molecule has 0 spiro atoms. The Kier molecular flexibility index (Phi) is 4.61. The lowest BCUT2D eigenvalue weighted by molar-refractivity contribution is -0.130. The zero-order valence-electron chi connectivity index (χ0n) is 11.2. The van der Waals surface area contributed by atoms with Crippen LogP contribution < -0.4 is 10.6 Å². The van der Waals surface area contributed by atoms with Gasteiger partial charge in [0.05, 0.1) is 0 Å². The van der Waals surface area contributed by atoms with Crippen molar-refractivity contribution in [1.82, 2.24) is 10.6 Å². The van der Waals surface area contributed by atoms with E-state index in [-0.39, 0.29) is 17.9 Å². The topological polar surface area (TPSA) is 58.2 Å². The van der Waals surface area contributed by atoms with Gasteiger partial charge in [-0.05, 0) is 37.5 Å². The van der Waals surface area contributed by atoms with Gasteiger partial charge in [-0.25, -0.2) is 0 Å². The molecule has 1 heterocycles. The summed E-state index contributed by atoms with van der Waals surface area (Å²) < 4.78 is 0. The smallest absolute Gasteiger partial charge is 0.242 e. The minimum Gasteiger partial charge on any atom is -0.354 e. The summed E-state index contributed by atoms with van der Waals surface area (Å²) in [4.78, 5) is 23.5. The van der Waals surface area contributed by atoms with Crippen molar-refractivity contribution in [3.8, 4) is 0 Å².